The van der Waals surface area contributed by atoms with Crippen molar-refractivity contribution in [2.45, 2.75) is 51.1 Å². The van der Waals surface area contributed by atoms with E-state index in [0.29, 0.717) is 18.3 Å². The zero-order chi connectivity index (χ0) is 16.1. The van der Waals surface area contributed by atoms with E-state index in [0.717, 1.165) is 11.4 Å². The normalized spacial score (nSPS) is 16.2. The average molecular weight is 318 g/mol. The highest BCUT2D eigenvalue weighted by Gasteiger charge is 2.24. The van der Waals surface area contributed by atoms with Crippen LogP contribution < -0.4 is 20.4 Å². The number of hydrogen-bond acceptors (Lipinski definition) is 4. The average Bonchev–Trinajstić information content (AvgIpc) is 2.78. The van der Waals surface area contributed by atoms with Gasteiger partial charge in [-0.15, -0.1) is 0 Å². The van der Waals surface area contributed by atoms with Crippen molar-refractivity contribution in [1.82, 2.24) is 10.6 Å². The van der Waals surface area contributed by atoms with Gasteiger partial charge in [0.05, 0.1) is 13.7 Å². The number of hydrogen-bond donors (Lipinski definition) is 2. The topological polar surface area (TPSA) is 71.1 Å². The molecule has 0 spiro atoms. The molecular formula is C17H24N3O3+. The maximum atomic E-state index is 12.0. The standard InChI is InChI=1S/C17H23N3O3/c1-22-15-10-8-14(9-11-15)20-16(17(21)23-19-20)12-18-13-6-4-2-3-5-7-13/h8-11,13,18H,2-7,12H2,1H3/p+1. The Balaban J connectivity index is 1.74. The number of nitrogens with zero attached hydrogens (tertiary/aromatic N) is 1. The minimum Gasteiger partial charge on any atom is -0.497 e. The number of methoxy groups -OCH3 is 1. The third kappa shape index (κ3) is 3.82. The van der Waals surface area contributed by atoms with Crippen LogP contribution in [0.25, 0.3) is 5.69 Å². The van der Waals surface area contributed by atoms with E-state index in [1.165, 1.54) is 38.5 Å². The summed E-state index contributed by atoms with van der Waals surface area (Å²) in [5.41, 5.74) is 1.09. The number of ether oxygens (including phenoxy) is 1. The van der Waals surface area contributed by atoms with Gasteiger partial charge in [0, 0.05) is 18.2 Å². The summed E-state index contributed by atoms with van der Waals surface area (Å²) >= 11 is 0. The molecule has 0 amide bonds. The SMILES string of the molecule is COc1ccc(-[n+]2[nH]oc(=O)c2CNC2CCCCCC2)cc1. The lowest BCUT2D eigenvalue weighted by Crippen LogP contribution is -2.42. The molecule has 3 rings (SSSR count). The minimum absolute atomic E-state index is 0.332. The van der Waals surface area contributed by atoms with Crippen LogP contribution in [0.1, 0.15) is 44.2 Å². The summed E-state index contributed by atoms with van der Waals surface area (Å²) in [6.07, 6.45) is 7.51. The fourth-order valence-electron chi connectivity index (χ4n) is 3.11. The molecule has 1 fully saturated rings. The first-order valence-corrected chi connectivity index (χ1v) is 8.28. The second-order valence-electron chi connectivity index (χ2n) is 6.03. The number of H-pyrrole nitrogens is 1. The molecule has 0 bridgehead atoms. The van der Waals surface area contributed by atoms with Gasteiger partial charge in [0.1, 0.15) is 5.75 Å². The lowest BCUT2D eigenvalue weighted by atomic mass is 10.1. The molecule has 0 unspecified atom stereocenters. The highest BCUT2D eigenvalue weighted by Crippen LogP contribution is 2.17. The molecule has 1 aromatic carbocycles. The van der Waals surface area contributed by atoms with Gasteiger partial charge in [-0.3, -0.25) is 4.52 Å². The summed E-state index contributed by atoms with van der Waals surface area (Å²) < 4.78 is 11.8. The van der Waals surface area contributed by atoms with E-state index < -0.39 is 0 Å². The van der Waals surface area contributed by atoms with Crippen molar-refractivity contribution in [2.75, 3.05) is 7.11 Å². The Kier molecular flexibility index (Phi) is 5.12. The first-order valence-electron chi connectivity index (χ1n) is 8.28. The van der Waals surface area contributed by atoms with Gasteiger partial charge in [0.2, 0.25) is 5.69 Å². The van der Waals surface area contributed by atoms with Crippen molar-refractivity contribution >= 4 is 0 Å². The number of benzene rings is 1. The van der Waals surface area contributed by atoms with Crippen LogP contribution in [0.5, 0.6) is 5.75 Å². The van der Waals surface area contributed by atoms with Crippen LogP contribution in [0.4, 0.5) is 0 Å². The summed E-state index contributed by atoms with van der Waals surface area (Å²) in [5.74, 6) is 0.776. The van der Waals surface area contributed by atoms with Gasteiger partial charge in [-0.25, -0.2) is 4.79 Å². The summed E-state index contributed by atoms with van der Waals surface area (Å²) in [5, 5.41) is 6.19. The third-order valence-corrected chi connectivity index (χ3v) is 4.48. The molecule has 0 atom stereocenters. The Morgan fingerprint density at radius 1 is 1.22 bits per heavy atom. The van der Waals surface area contributed by atoms with Gasteiger partial charge < -0.3 is 10.1 Å². The first kappa shape index (κ1) is 15.8. The van der Waals surface area contributed by atoms with Crippen LogP contribution in [-0.4, -0.2) is 18.4 Å². The van der Waals surface area contributed by atoms with Gasteiger partial charge in [-0.05, 0) is 34.9 Å². The molecule has 6 heteroatoms. The van der Waals surface area contributed by atoms with Crippen molar-refractivity contribution in [3.63, 3.8) is 0 Å². The van der Waals surface area contributed by atoms with Crippen LogP contribution in [-0.2, 0) is 6.54 Å². The van der Waals surface area contributed by atoms with E-state index in [2.05, 4.69) is 10.6 Å². The number of aromatic amines is 1. The van der Waals surface area contributed by atoms with Crippen molar-refractivity contribution in [3.05, 3.63) is 40.4 Å². The zero-order valence-corrected chi connectivity index (χ0v) is 13.5. The van der Waals surface area contributed by atoms with Gasteiger partial charge in [-0.2, -0.15) is 0 Å². The molecular weight excluding hydrogens is 294 g/mol. The summed E-state index contributed by atoms with van der Waals surface area (Å²) in [6.45, 7) is 0.503. The Bertz CT molecular complexity index is 667. The lowest BCUT2D eigenvalue weighted by Gasteiger charge is -2.13. The van der Waals surface area contributed by atoms with Gasteiger partial charge in [0.25, 0.3) is 0 Å². The molecule has 1 aromatic heterocycles. The minimum atomic E-state index is -0.332. The third-order valence-electron chi connectivity index (χ3n) is 4.48. The molecule has 1 aliphatic carbocycles. The van der Waals surface area contributed by atoms with E-state index >= 15 is 0 Å². The smallest absolute Gasteiger partial charge is 0.431 e. The second-order valence-corrected chi connectivity index (χ2v) is 6.03. The Labute approximate surface area is 135 Å². The molecule has 1 saturated carbocycles. The highest BCUT2D eigenvalue weighted by molar-refractivity contribution is 5.31. The maximum absolute atomic E-state index is 12.0. The Morgan fingerprint density at radius 3 is 2.57 bits per heavy atom. The maximum Gasteiger partial charge on any atom is 0.431 e. The zero-order valence-electron chi connectivity index (χ0n) is 13.5. The van der Waals surface area contributed by atoms with Gasteiger partial charge >= 0.3 is 11.3 Å². The van der Waals surface area contributed by atoms with Crippen LogP contribution in [0.3, 0.4) is 0 Å². The fourth-order valence-corrected chi connectivity index (χ4v) is 3.11. The first-order chi connectivity index (χ1) is 11.3. The van der Waals surface area contributed by atoms with Crippen LogP contribution in [0.15, 0.2) is 33.6 Å². The molecule has 6 nitrogen and oxygen atoms in total. The van der Waals surface area contributed by atoms with Crippen molar-refractivity contribution in [3.8, 4) is 11.4 Å². The molecule has 0 radical (unpaired) electrons. The second kappa shape index (κ2) is 7.46. The van der Waals surface area contributed by atoms with Crippen molar-refractivity contribution < 1.29 is 13.9 Å². The van der Waals surface area contributed by atoms with E-state index in [4.69, 9.17) is 9.26 Å². The number of nitrogens with one attached hydrogen (secondary N) is 2. The van der Waals surface area contributed by atoms with E-state index in [9.17, 15) is 4.79 Å². The summed E-state index contributed by atoms with van der Waals surface area (Å²) in [6, 6.07) is 7.97. The number of aromatic nitrogens is 2. The van der Waals surface area contributed by atoms with Gasteiger partial charge in [-0.1, -0.05) is 25.7 Å². The summed E-state index contributed by atoms with van der Waals surface area (Å²) in [4.78, 5) is 12.0. The molecule has 0 saturated heterocycles. The Morgan fingerprint density at radius 2 is 1.91 bits per heavy atom. The van der Waals surface area contributed by atoms with E-state index in [-0.39, 0.29) is 5.63 Å². The summed E-state index contributed by atoms with van der Waals surface area (Å²) in [7, 11) is 1.63. The molecule has 23 heavy (non-hydrogen) atoms. The van der Waals surface area contributed by atoms with Crippen LogP contribution in [0, 0.1) is 0 Å². The lowest BCUT2D eigenvalue weighted by molar-refractivity contribution is -0.677. The molecule has 0 aliphatic heterocycles. The predicted molar refractivity (Wildman–Crippen MR) is 85.7 cm³/mol. The fraction of sp³-hybridized carbons (Fsp3) is 0.529. The largest absolute Gasteiger partial charge is 0.497 e. The molecule has 124 valence electrons. The molecule has 2 N–H and O–H groups in total. The molecule has 1 aliphatic rings. The van der Waals surface area contributed by atoms with Crippen LogP contribution >= 0.6 is 0 Å². The highest BCUT2D eigenvalue weighted by atomic mass is 16.5. The number of rotatable bonds is 5. The van der Waals surface area contributed by atoms with E-state index in [1.54, 1.807) is 11.8 Å². The van der Waals surface area contributed by atoms with Crippen molar-refractivity contribution in [2.24, 2.45) is 0 Å². The predicted octanol–water partition coefficient (Wildman–Crippen LogP) is 2.07. The molecule has 1 heterocycles. The quantitative estimate of drug-likeness (QED) is 0.654. The monoisotopic (exact) mass is 318 g/mol. The van der Waals surface area contributed by atoms with Crippen LogP contribution in [0.2, 0.25) is 0 Å². The van der Waals surface area contributed by atoms with Gasteiger partial charge in [0.15, 0.2) is 0 Å². The Hall–Kier alpha value is -2.08. The molecule has 2 aromatic rings. The van der Waals surface area contributed by atoms with Crippen molar-refractivity contribution in [1.29, 1.82) is 0 Å². The van der Waals surface area contributed by atoms with E-state index in [1.807, 2.05) is 24.3 Å².